The molecule has 1 fully saturated rings. The molecular formula is C29H23FN2O3. The summed E-state index contributed by atoms with van der Waals surface area (Å²) in [5.41, 5.74) is 2.72. The van der Waals surface area contributed by atoms with E-state index in [9.17, 15) is 18.8 Å². The van der Waals surface area contributed by atoms with Crippen molar-refractivity contribution in [3.63, 3.8) is 0 Å². The van der Waals surface area contributed by atoms with Crippen molar-refractivity contribution in [2.75, 3.05) is 10.2 Å². The molecule has 0 bridgehead atoms. The lowest BCUT2D eigenvalue weighted by atomic mass is 9.64. The molecule has 0 saturated carbocycles. The van der Waals surface area contributed by atoms with Crippen LogP contribution in [-0.2, 0) is 15.0 Å². The summed E-state index contributed by atoms with van der Waals surface area (Å²) in [4.78, 5) is 43.4. The van der Waals surface area contributed by atoms with Gasteiger partial charge in [-0.2, -0.15) is 0 Å². The van der Waals surface area contributed by atoms with Gasteiger partial charge in [0.1, 0.15) is 11.2 Å². The summed E-state index contributed by atoms with van der Waals surface area (Å²) >= 11 is 0. The lowest BCUT2D eigenvalue weighted by molar-refractivity contribution is -0.122. The Bertz CT molecular complexity index is 1440. The van der Waals surface area contributed by atoms with Crippen LogP contribution in [0.3, 0.4) is 0 Å². The summed E-state index contributed by atoms with van der Waals surface area (Å²) in [7, 11) is 0. The van der Waals surface area contributed by atoms with Crippen molar-refractivity contribution in [3.05, 3.63) is 101 Å². The molecule has 0 unspecified atom stereocenters. The SMILES string of the molecule is CC(=O)[C@@H]1[C@H](C(=O)c2ccc(C)cc2)[C@]2(C(=O)Nc3ccccc32)[C@@H]2C=Cc3cc(F)ccc3N12. The van der Waals surface area contributed by atoms with Crippen LogP contribution in [0.2, 0.25) is 0 Å². The molecule has 4 atom stereocenters. The van der Waals surface area contributed by atoms with Gasteiger partial charge in [-0.1, -0.05) is 60.2 Å². The molecule has 1 amide bonds. The molecular weight excluding hydrogens is 443 g/mol. The van der Waals surface area contributed by atoms with Gasteiger partial charge in [0.05, 0.1) is 18.0 Å². The van der Waals surface area contributed by atoms with Gasteiger partial charge >= 0.3 is 0 Å². The first kappa shape index (κ1) is 21.5. The fourth-order valence-corrected chi connectivity index (χ4v) is 6.20. The van der Waals surface area contributed by atoms with E-state index in [0.717, 1.165) is 5.56 Å². The summed E-state index contributed by atoms with van der Waals surface area (Å²) in [5, 5.41) is 2.98. The predicted molar refractivity (Wildman–Crippen MR) is 132 cm³/mol. The van der Waals surface area contributed by atoms with Crippen LogP contribution >= 0.6 is 0 Å². The van der Waals surface area contributed by atoms with Gasteiger partial charge in [-0.15, -0.1) is 0 Å². The first-order valence-corrected chi connectivity index (χ1v) is 11.6. The number of nitrogens with one attached hydrogen (secondary N) is 1. The molecule has 3 aliphatic heterocycles. The van der Waals surface area contributed by atoms with E-state index < -0.39 is 29.2 Å². The largest absolute Gasteiger partial charge is 0.352 e. The van der Waals surface area contributed by atoms with Crippen LogP contribution in [0.1, 0.15) is 34.0 Å². The topological polar surface area (TPSA) is 66.5 Å². The average Bonchev–Trinajstić information content (AvgIpc) is 3.32. The van der Waals surface area contributed by atoms with E-state index in [1.807, 2.05) is 54.3 Å². The highest BCUT2D eigenvalue weighted by Crippen LogP contribution is 2.57. The summed E-state index contributed by atoms with van der Waals surface area (Å²) in [5.74, 6) is -2.16. The van der Waals surface area contributed by atoms with Gasteiger partial charge in [0.15, 0.2) is 11.6 Å². The van der Waals surface area contributed by atoms with E-state index >= 15 is 0 Å². The Morgan fingerprint density at radius 1 is 1.03 bits per heavy atom. The summed E-state index contributed by atoms with van der Waals surface area (Å²) < 4.78 is 14.1. The Labute approximate surface area is 202 Å². The van der Waals surface area contributed by atoms with Crippen molar-refractivity contribution in [1.82, 2.24) is 0 Å². The standard InChI is InChI=1S/C29H23FN2O3/c1-16-7-9-18(10-8-16)27(34)25-26(17(2)33)32-23-13-12-20(30)15-19(23)11-14-24(32)29(25)21-5-3-4-6-22(21)31-28(29)35/h3-15,24-26H,1-2H3,(H,31,35)/t24-,25+,26+,29+/m0/s1. The molecule has 6 heteroatoms. The van der Waals surface area contributed by atoms with Crippen LogP contribution in [0.15, 0.2) is 72.8 Å². The summed E-state index contributed by atoms with van der Waals surface area (Å²) in [6, 6.07) is 17.4. The number of ketones is 2. The number of aryl methyl sites for hydroxylation is 1. The number of amides is 1. The Balaban J connectivity index is 1.65. The lowest BCUT2D eigenvalue weighted by Gasteiger charge is -2.37. The third kappa shape index (κ3) is 2.83. The Hall–Kier alpha value is -4.06. The lowest BCUT2D eigenvalue weighted by Crippen LogP contribution is -2.51. The maximum absolute atomic E-state index is 14.3. The van der Waals surface area contributed by atoms with E-state index in [2.05, 4.69) is 5.32 Å². The number of carbonyl (C=O) groups is 3. The zero-order valence-electron chi connectivity index (χ0n) is 19.3. The first-order chi connectivity index (χ1) is 16.8. The first-order valence-electron chi connectivity index (χ1n) is 11.6. The molecule has 0 radical (unpaired) electrons. The Kier molecular flexibility index (Phi) is 4.58. The molecule has 3 aromatic rings. The van der Waals surface area contributed by atoms with Crippen LogP contribution in [0.4, 0.5) is 15.8 Å². The molecule has 174 valence electrons. The van der Waals surface area contributed by atoms with Gasteiger partial charge in [-0.25, -0.2) is 4.39 Å². The van der Waals surface area contributed by atoms with E-state index in [1.165, 1.54) is 19.1 Å². The quantitative estimate of drug-likeness (QED) is 0.569. The second-order valence-electron chi connectivity index (χ2n) is 9.55. The normalized spacial score (nSPS) is 25.7. The number of nitrogens with zero attached hydrogens (tertiary/aromatic N) is 1. The predicted octanol–water partition coefficient (Wildman–Crippen LogP) is 4.70. The number of halogens is 1. The molecule has 3 heterocycles. The minimum atomic E-state index is -1.32. The van der Waals surface area contributed by atoms with Crippen LogP contribution in [0.5, 0.6) is 0 Å². The number of benzene rings is 3. The van der Waals surface area contributed by atoms with Crippen molar-refractivity contribution < 1.29 is 18.8 Å². The molecule has 3 aliphatic rings. The molecule has 35 heavy (non-hydrogen) atoms. The summed E-state index contributed by atoms with van der Waals surface area (Å²) in [6.45, 7) is 3.39. The number of anilines is 2. The fraction of sp³-hybridized carbons (Fsp3) is 0.207. The van der Waals surface area contributed by atoms with Crippen LogP contribution in [0, 0.1) is 18.7 Å². The minimum Gasteiger partial charge on any atom is -0.352 e. The number of carbonyl (C=O) groups excluding carboxylic acids is 3. The van der Waals surface area contributed by atoms with Gasteiger partial charge in [0.25, 0.3) is 0 Å². The van der Waals surface area contributed by atoms with Gasteiger partial charge in [-0.3, -0.25) is 14.4 Å². The number of para-hydroxylation sites is 1. The molecule has 3 aromatic carbocycles. The van der Waals surface area contributed by atoms with E-state index in [1.54, 1.807) is 24.3 Å². The smallest absolute Gasteiger partial charge is 0.238 e. The van der Waals surface area contributed by atoms with E-state index in [0.29, 0.717) is 28.1 Å². The van der Waals surface area contributed by atoms with Crippen molar-refractivity contribution in [2.45, 2.75) is 31.3 Å². The Morgan fingerprint density at radius 2 is 1.77 bits per heavy atom. The van der Waals surface area contributed by atoms with Gasteiger partial charge < -0.3 is 10.2 Å². The van der Waals surface area contributed by atoms with Gasteiger partial charge in [0.2, 0.25) is 5.91 Å². The second-order valence-corrected chi connectivity index (χ2v) is 9.55. The fourth-order valence-electron chi connectivity index (χ4n) is 6.20. The van der Waals surface area contributed by atoms with Crippen molar-refractivity contribution in [1.29, 1.82) is 0 Å². The van der Waals surface area contributed by atoms with Crippen molar-refractivity contribution in [3.8, 4) is 0 Å². The number of fused-ring (bicyclic) bond motifs is 6. The second kappa shape index (κ2) is 7.47. The molecule has 0 aliphatic carbocycles. The number of rotatable bonds is 3. The highest BCUT2D eigenvalue weighted by molar-refractivity contribution is 6.16. The molecule has 1 N–H and O–H groups in total. The molecule has 1 saturated heterocycles. The van der Waals surface area contributed by atoms with Crippen LogP contribution in [-0.4, -0.2) is 29.6 Å². The average molecular weight is 467 g/mol. The third-order valence-electron chi connectivity index (χ3n) is 7.63. The van der Waals surface area contributed by atoms with Crippen LogP contribution < -0.4 is 10.2 Å². The number of hydrogen-bond acceptors (Lipinski definition) is 4. The van der Waals surface area contributed by atoms with Crippen molar-refractivity contribution in [2.24, 2.45) is 5.92 Å². The van der Waals surface area contributed by atoms with Gasteiger partial charge in [0, 0.05) is 22.5 Å². The third-order valence-corrected chi connectivity index (χ3v) is 7.63. The van der Waals surface area contributed by atoms with Gasteiger partial charge in [-0.05, 0) is 43.7 Å². The van der Waals surface area contributed by atoms with E-state index in [4.69, 9.17) is 0 Å². The van der Waals surface area contributed by atoms with E-state index in [-0.39, 0.29) is 17.5 Å². The molecule has 0 aromatic heterocycles. The molecule has 5 nitrogen and oxygen atoms in total. The molecule has 6 rings (SSSR count). The highest BCUT2D eigenvalue weighted by Gasteiger charge is 2.69. The van der Waals surface area contributed by atoms with Crippen molar-refractivity contribution >= 4 is 34.9 Å². The zero-order valence-corrected chi connectivity index (χ0v) is 19.3. The summed E-state index contributed by atoms with van der Waals surface area (Å²) in [6.07, 6.45) is 3.62. The zero-order chi connectivity index (χ0) is 24.5. The monoisotopic (exact) mass is 466 g/mol. The molecule has 1 spiro atoms. The van der Waals surface area contributed by atoms with Crippen LogP contribution in [0.25, 0.3) is 6.08 Å². The maximum atomic E-state index is 14.3. The minimum absolute atomic E-state index is 0.222. The Morgan fingerprint density at radius 3 is 2.51 bits per heavy atom. The maximum Gasteiger partial charge on any atom is 0.238 e. The number of hydrogen-bond donors (Lipinski definition) is 1. The highest BCUT2D eigenvalue weighted by atomic mass is 19.1. The number of Topliss-reactive ketones (excluding diaryl/α,β-unsaturated/α-hetero) is 2.